The first-order chi connectivity index (χ1) is 9.33. The molecule has 2 aromatic rings. The Morgan fingerprint density at radius 3 is 2.95 bits per heavy atom. The fourth-order valence-electron chi connectivity index (χ4n) is 2.53. The minimum absolute atomic E-state index is 0.374. The van der Waals surface area contributed by atoms with E-state index in [0.717, 1.165) is 31.9 Å². The number of piperazine rings is 1. The predicted molar refractivity (Wildman–Crippen MR) is 71.3 cm³/mol. The van der Waals surface area contributed by atoms with Crippen LogP contribution in [0.2, 0.25) is 0 Å². The van der Waals surface area contributed by atoms with E-state index in [-0.39, 0.29) is 0 Å². The summed E-state index contributed by atoms with van der Waals surface area (Å²) in [7, 11) is 1.90. The van der Waals surface area contributed by atoms with Gasteiger partial charge in [0.2, 0.25) is 0 Å². The normalized spacial score (nSPS) is 20.6. The Morgan fingerprint density at radius 2 is 2.21 bits per heavy atom. The van der Waals surface area contributed by atoms with Crippen LogP contribution in [0, 0.1) is 0 Å². The molecule has 3 rings (SSSR count). The number of hydrogen-bond donors (Lipinski definition) is 1. The third-order valence-corrected chi connectivity index (χ3v) is 3.46. The molecule has 1 N–H and O–H groups in total. The van der Waals surface area contributed by atoms with Crippen LogP contribution < -0.4 is 5.32 Å². The molecule has 6 heteroatoms. The highest BCUT2D eigenvalue weighted by Gasteiger charge is 2.24. The third kappa shape index (κ3) is 2.80. The van der Waals surface area contributed by atoms with Gasteiger partial charge in [-0.1, -0.05) is 5.21 Å². The summed E-state index contributed by atoms with van der Waals surface area (Å²) in [5.74, 6) is 0. The minimum atomic E-state index is 0.374. The molecular formula is C13H18N6. The monoisotopic (exact) mass is 258 g/mol. The SMILES string of the molecule is Cn1cc(CN2CCNCC2c2ccncc2)nn1. The lowest BCUT2D eigenvalue weighted by Gasteiger charge is -2.35. The van der Waals surface area contributed by atoms with Crippen LogP contribution in [0.4, 0.5) is 0 Å². The van der Waals surface area contributed by atoms with Crippen LogP contribution in [-0.4, -0.2) is 44.5 Å². The Bertz CT molecular complexity index is 523. The van der Waals surface area contributed by atoms with E-state index >= 15 is 0 Å². The zero-order chi connectivity index (χ0) is 13.1. The molecule has 0 spiro atoms. The average molecular weight is 258 g/mol. The molecular weight excluding hydrogens is 240 g/mol. The molecule has 1 aliphatic heterocycles. The summed E-state index contributed by atoms with van der Waals surface area (Å²) >= 11 is 0. The second kappa shape index (κ2) is 5.46. The Labute approximate surface area is 112 Å². The minimum Gasteiger partial charge on any atom is -0.314 e. The molecule has 19 heavy (non-hydrogen) atoms. The van der Waals surface area contributed by atoms with Crippen molar-refractivity contribution in [1.29, 1.82) is 0 Å². The smallest absolute Gasteiger partial charge is 0.0967 e. The number of aryl methyl sites for hydroxylation is 1. The van der Waals surface area contributed by atoms with Crippen LogP contribution in [-0.2, 0) is 13.6 Å². The molecule has 100 valence electrons. The summed E-state index contributed by atoms with van der Waals surface area (Å²) < 4.78 is 1.75. The summed E-state index contributed by atoms with van der Waals surface area (Å²) in [4.78, 5) is 6.53. The third-order valence-electron chi connectivity index (χ3n) is 3.46. The van der Waals surface area contributed by atoms with Gasteiger partial charge in [0.05, 0.1) is 5.69 Å². The molecule has 0 saturated carbocycles. The van der Waals surface area contributed by atoms with Crippen molar-refractivity contribution >= 4 is 0 Å². The fraction of sp³-hybridized carbons (Fsp3) is 0.462. The topological polar surface area (TPSA) is 58.9 Å². The Kier molecular flexibility index (Phi) is 3.52. The molecule has 1 atom stereocenters. The van der Waals surface area contributed by atoms with E-state index in [1.54, 1.807) is 4.68 Å². The first-order valence-corrected chi connectivity index (χ1v) is 6.53. The fourth-order valence-corrected chi connectivity index (χ4v) is 2.53. The predicted octanol–water partition coefficient (Wildman–Crippen LogP) is 0.357. The molecule has 1 fully saturated rings. The Morgan fingerprint density at radius 1 is 1.37 bits per heavy atom. The van der Waals surface area contributed by atoms with Crippen LogP contribution in [0.25, 0.3) is 0 Å². The van der Waals surface area contributed by atoms with Crippen molar-refractivity contribution in [1.82, 2.24) is 30.2 Å². The lowest BCUT2D eigenvalue weighted by Crippen LogP contribution is -2.45. The van der Waals surface area contributed by atoms with Crippen molar-refractivity contribution in [3.05, 3.63) is 42.0 Å². The van der Waals surface area contributed by atoms with E-state index in [9.17, 15) is 0 Å². The van der Waals surface area contributed by atoms with Crippen molar-refractivity contribution in [2.24, 2.45) is 7.05 Å². The van der Waals surface area contributed by atoms with Crippen LogP contribution >= 0.6 is 0 Å². The number of hydrogen-bond acceptors (Lipinski definition) is 5. The molecule has 0 radical (unpaired) electrons. The van der Waals surface area contributed by atoms with Gasteiger partial charge in [0.25, 0.3) is 0 Å². The van der Waals surface area contributed by atoms with Gasteiger partial charge in [0.15, 0.2) is 0 Å². The number of nitrogens with one attached hydrogen (secondary N) is 1. The number of nitrogens with zero attached hydrogens (tertiary/aromatic N) is 5. The van der Waals surface area contributed by atoms with Crippen LogP contribution in [0.3, 0.4) is 0 Å². The van der Waals surface area contributed by atoms with Crippen molar-refractivity contribution in [3.8, 4) is 0 Å². The maximum atomic E-state index is 4.18. The maximum absolute atomic E-state index is 4.18. The van der Waals surface area contributed by atoms with Crippen molar-refractivity contribution in [3.63, 3.8) is 0 Å². The van der Waals surface area contributed by atoms with Crippen LogP contribution in [0.1, 0.15) is 17.3 Å². The van der Waals surface area contributed by atoms with Gasteiger partial charge in [-0.25, -0.2) is 0 Å². The molecule has 1 unspecified atom stereocenters. The molecule has 6 nitrogen and oxygen atoms in total. The molecule has 0 amide bonds. The van der Waals surface area contributed by atoms with Gasteiger partial charge in [-0.2, -0.15) is 0 Å². The average Bonchev–Trinajstić information content (AvgIpc) is 2.86. The molecule has 0 aromatic carbocycles. The van der Waals surface area contributed by atoms with Gasteiger partial charge in [0.1, 0.15) is 0 Å². The zero-order valence-electron chi connectivity index (χ0n) is 11.0. The van der Waals surface area contributed by atoms with Gasteiger partial charge in [-0.15, -0.1) is 5.10 Å². The standard InChI is InChI=1S/C13H18N6/c1-18-9-12(16-17-18)10-19-7-6-15-8-13(19)11-2-4-14-5-3-11/h2-5,9,13,15H,6-8,10H2,1H3. The van der Waals surface area contributed by atoms with Gasteiger partial charge in [-0.3, -0.25) is 14.6 Å². The molecule has 1 saturated heterocycles. The lowest BCUT2D eigenvalue weighted by molar-refractivity contribution is 0.152. The van der Waals surface area contributed by atoms with Crippen molar-refractivity contribution in [2.45, 2.75) is 12.6 Å². The van der Waals surface area contributed by atoms with Crippen LogP contribution in [0.15, 0.2) is 30.7 Å². The van der Waals surface area contributed by atoms with E-state index < -0.39 is 0 Å². The maximum Gasteiger partial charge on any atom is 0.0967 e. The van der Waals surface area contributed by atoms with Gasteiger partial charge in [-0.05, 0) is 17.7 Å². The quantitative estimate of drug-likeness (QED) is 0.861. The highest BCUT2D eigenvalue weighted by atomic mass is 15.4. The van der Waals surface area contributed by atoms with Crippen molar-refractivity contribution in [2.75, 3.05) is 19.6 Å². The number of aromatic nitrogens is 4. The second-order valence-corrected chi connectivity index (χ2v) is 4.85. The molecule has 0 aliphatic carbocycles. The van der Waals surface area contributed by atoms with E-state index in [1.165, 1.54) is 5.56 Å². The summed E-state index contributed by atoms with van der Waals surface area (Å²) in [5.41, 5.74) is 2.31. The van der Waals surface area contributed by atoms with Gasteiger partial charge >= 0.3 is 0 Å². The molecule has 3 heterocycles. The summed E-state index contributed by atoms with van der Waals surface area (Å²) in [6.07, 6.45) is 5.68. The second-order valence-electron chi connectivity index (χ2n) is 4.85. The summed E-state index contributed by atoms with van der Waals surface area (Å²) in [6.45, 7) is 3.83. The highest BCUT2D eigenvalue weighted by Crippen LogP contribution is 2.22. The van der Waals surface area contributed by atoms with Gasteiger partial charge < -0.3 is 5.32 Å². The van der Waals surface area contributed by atoms with Crippen molar-refractivity contribution < 1.29 is 0 Å². The summed E-state index contributed by atoms with van der Waals surface area (Å²) in [5, 5.41) is 11.6. The zero-order valence-corrected chi connectivity index (χ0v) is 11.0. The Balaban J connectivity index is 1.77. The highest BCUT2D eigenvalue weighted by molar-refractivity contribution is 5.17. The Hall–Kier alpha value is -1.79. The molecule has 0 bridgehead atoms. The first-order valence-electron chi connectivity index (χ1n) is 6.53. The lowest BCUT2D eigenvalue weighted by atomic mass is 10.0. The van der Waals surface area contributed by atoms with E-state index in [1.807, 2.05) is 25.6 Å². The first kappa shape index (κ1) is 12.3. The van der Waals surface area contributed by atoms with Gasteiger partial charge in [0, 0.05) is 57.9 Å². The van der Waals surface area contributed by atoms with E-state index in [4.69, 9.17) is 0 Å². The molecule has 2 aromatic heterocycles. The number of pyridine rings is 1. The van der Waals surface area contributed by atoms with E-state index in [0.29, 0.717) is 6.04 Å². The molecule has 1 aliphatic rings. The van der Waals surface area contributed by atoms with E-state index in [2.05, 4.69) is 37.6 Å². The summed E-state index contributed by atoms with van der Waals surface area (Å²) in [6, 6.07) is 4.54. The number of rotatable bonds is 3. The van der Waals surface area contributed by atoms with Crippen LogP contribution in [0.5, 0.6) is 0 Å². The largest absolute Gasteiger partial charge is 0.314 e.